The molecule has 0 aliphatic heterocycles. The summed E-state index contributed by atoms with van der Waals surface area (Å²) in [4.78, 5) is 24.1. The fourth-order valence-corrected chi connectivity index (χ4v) is 2.60. The van der Waals surface area contributed by atoms with Crippen LogP contribution < -0.4 is 9.47 Å². The summed E-state index contributed by atoms with van der Waals surface area (Å²) in [6.45, 7) is 0.193. The second-order valence-corrected chi connectivity index (χ2v) is 5.97. The molecule has 2 rings (SSSR count). The molecule has 0 saturated heterocycles. The molecule has 0 fully saturated rings. The molecule has 0 bridgehead atoms. The average molecular weight is 393 g/mol. The average Bonchev–Trinajstić information content (AvgIpc) is 2.92. The number of ketones is 1. The van der Waals surface area contributed by atoms with Crippen molar-refractivity contribution >= 4 is 17.8 Å². The number of hydrogen-bond donors (Lipinski definition) is 0. The van der Waals surface area contributed by atoms with Crippen molar-refractivity contribution in [3.05, 3.63) is 52.9 Å². The minimum atomic E-state index is -3.05. The van der Waals surface area contributed by atoms with Crippen LogP contribution in [-0.2, 0) is 16.6 Å². The van der Waals surface area contributed by atoms with E-state index in [1.807, 2.05) is 18.5 Å². The van der Waals surface area contributed by atoms with Crippen LogP contribution in [-0.4, -0.2) is 36.6 Å². The predicted octanol–water partition coefficient (Wildman–Crippen LogP) is 3.69. The largest absolute Gasteiger partial charge is 0.493 e. The molecule has 1 heterocycles. The number of carbonyl (C=O) groups excluding carboxylic acids is 2. The molecule has 0 amide bonds. The van der Waals surface area contributed by atoms with Crippen LogP contribution in [0.25, 0.3) is 6.08 Å². The van der Waals surface area contributed by atoms with Gasteiger partial charge in [-0.25, -0.2) is 4.79 Å². The molecule has 150 valence electrons. The van der Waals surface area contributed by atoms with Crippen LogP contribution in [0.3, 0.4) is 0 Å². The lowest BCUT2D eigenvalue weighted by atomic mass is 10.1. The van der Waals surface area contributed by atoms with E-state index in [1.165, 1.54) is 25.3 Å². The molecule has 0 aliphatic rings. The van der Waals surface area contributed by atoms with Gasteiger partial charge in [-0.2, -0.15) is 8.78 Å². The molecule has 28 heavy (non-hydrogen) atoms. The van der Waals surface area contributed by atoms with Crippen LogP contribution in [0.4, 0.5) is 8.78 Å². The number of para-hydroxylation sites is 1. The number of hydrogen-bond acceptors (Lipinski definition) is 5. The van der Waals surface area contributed by atoms with Gasteiger partial charge in [0.15, 0.2) is 18.1 Å². The van der Waals surface area contributed by atoms with E-state index in [0.717, 1.165) is 17.5 Å². The minimum absolute atomic E-state index is 0.0981. The zero-order valence-corrected chi connectivity index (χ0v) is 16.0. The Bertz CT molecular complexity index is 902. The first-order chi connectivity index (χ1) is 13.2. The number of nitrogens with zero attached hydrogens (tertiary/aromatic N) is 1. The van der Waals surface area contributed by atoms with Crippen molar-refractivity contribution in [1.29, 1.82) is 0 Å². The number of carbonyl (C=O) groups is 2. The Balaban J connectivity index is 2.06. The standard InChI is InChI=1S/C20H21F2NO5/c1-12-10-15(13(2)23(12)3)16(24)11-27-18(25)9-8-14-6-5-7-17(26-4)19(14)28-20(21)22/h5-10,20H,11H2,1-4H3/b9-8+. The normalized spacial score (nSPS) is 11.1. The lowest BCUT2D eigenvalue weighted by Gasteiger charge is -2.12. The summed E-state index contributed by atoms with van der Waals surface area (Å²) in [5.41, 5.74) is 2.38. The van der Waals surface area contributed by atoms with Gasteiger partial charge in [-0.1, -0.05) is 12.1 Å². The molecule has 0 saturated carbocycles. The Morgan fingerprint density at radius 1 is 1.25 bits per heavy atom. The predicted molar refractivity (Wildman–Crippen MR) is 98.8 cm³/mol. The topological polar surface area (TPSA) is 66.8 Å². The molecule has 0 aliphatic carbocycles. The quantitative estimate of drug-likeness (QED) is 0.389. The summed E-state index contributed by atoms with van der Waals surface area (Å²) in [6, 6.07) is 6.22. The summed E-state index contributed by atoms with van der Waals surface area (Å²) in [7, 11) is 3.15. The van der Waals surface area contributed by atoms with E-state index in [1.54, 1.807) is 19.1 Å². The maximum absolute atomic E-state index is 12.6. The van der Waals surface area contributed by atoms with Gasteiger partial charge in [0.25, 0.3) is 0 Å². The molecule has 2 aromatic rings. The van der Waals surface area contributed by atoms with Gasteiger partial charge in [-0.05, 0) is 32.1 Å². The second kappa shape index (κ2) is 9.16. The number of methoxy groups -OCH3 is 1. The van der Waals surface area contributed by atoms with E-state index >= 15 is 0 Å². The third kappa shape index (κ3) is 4.97. The van der Waals surface area contributed by atoms with Crippen molar-refractivity contribution in [1.82, 2.24) is 4.57 Å². The molecule has 1 aromatic heterocycles. The van der Waals surface area contributed by atoms with Gasteiger partial charge in [-0.15, -0.1) is 0 Å². The van der Waals surface area contributed by atoms with Gasteiger partial charge in [0.05, 0.1) is 7.11 Å². The first-order valence-electron chi connectivity index (χ1n) is 8.37. The molecule has 0 atom stereocenters. The highest BCUT2D eigenvalue weighted by molar-refractivity contribution is 6.00. The highest BCUT2D eigenvalue weighted by Gasteiger charge is 2.16. The van der Waals surface area contributed by atoms with Crippen LogP contribution in [0.2, 0.25) is 0 Å². The molecule has 0 spiro atoms. The van der Waals surface area contributed by atoms with Crippen LogP contribution in [0.15, 0.2) is 30.3 Å². The van der Waals surface area contributed by atoms with E-state index in [4.69, 9.17) is 9.47 Å². The Morgan fingerprint density at radius 3 is 2.54 bits per heavy atom. The monoisotopic (exact) mass is 393 g/mol. The summed E-state index contributed by atoms with van der Waals surface area (Å²) in [6.07, 6.45) is 2.29. The number of halogens is 2. The van der Waals surface area contributed by atoms with Crippen molar-refractivity contribution < 1.29 is 32.6 Å². The fourth-order valence-electron chi connectivity index (χ4n) is 2.60. The lowest BCUT2D eigenvalue weighted by Crippen LogP contribution is -2.13. The van der Waals surface area contributed by atoms with E-state index < -0.39 is 19.2 Å². The zero-order chi connectivity index (χ0) is 20.8. The van der Waals surface area contributed by atoms with E-state index in [2.05, 4.69) is 4.74 Å². The summed E-state index contributed by atoms with van der Waals surface area (Å²) in [5, 5.41) is 0. The Morgan fingerprint density at radius 2 is 1.96 bits per heavy atom. The Hall–Kier alpha value is -3.16. The molecule has 6 nitrogen and oxygen atoms in total. The van der Waals surface area contributed by atoms with E-state index in [9.17, 15) is 18.4 Å². The number of benzene rings is 1. The second-order valence-electron chi connectivity index (χ2n) is 5.97. The van der Waals surface area contributed by atoms with Crippen molar-refractivity contribution in [2.75, 3.05) is 13.7 Å². The molecule has 8 heteroatoms. The Labute approximate surface area is 161 Å². The highest BCUT2D eigenvalue weighted by Crippen LogP contribution is 2.33. The van der Waals surface area contributed by atoms with Gasteiger partial charge in [0, 0.05) is 35.6 Å². The van der Waals surface area contributed by atoms with Gasteiger partial charge in [0.1, 0.15) is 0 Å². The maximum atomic E-state index is 12.6. The van der Waals surface area contributed by atoms with Crippen molar-refractivity contribution in [2.24, 2.45) is 7.05 Å². The van der Waals surface area contributed by atoms with Gasteiger partial charge in [0.2, 0.25) is 5.78 Å². The van der Waals surface area contributed by atoms with Crippen LogP contribution in [0.1, 0.15) is 27.3 Å². The Kier molecular flexibility index (Phi) is 6.92. The third-order valence-corrected chi connectivity index (χ3v) is 4.26. The molecule has 0 radical (unpaired) electrons. The zero-order valence-electron chi connectivity index (χ0n) is 16.0. The van der Waals surface area contributed by atoms with Crippen LogP contribution >= 0.6 is 0 Å². The minimum Gasteiger partial charge on any atom is -0.493 e. The fraction of sp³-hybridized carbons (Fsp3) is 0.300. The number of ether oxygens (including phenoxy) is 3. The number of rotatable bonds is 8. The number of esters is 1. The third-order valence-electron chi connectivity index (χ3n) is 4.26. The number of alkyl halides is 2. The van der Waals surface area contributed by atoms with Gasteiger partial charge < -0.3 is 18.8 Å². The summed E-state index contributed by atoms with van der Waals surface area (Å²) in [5.74, 6) is -1.22. The number of aromatic nitrogens is 1. The van der Waals surface area contributed by atoms with Crippen molar-refractivity contribution in [3.63, 3.8) is 0 Å². The molecule has 0 N–H and O–H groups in total. The maximum Gasteiger partial charge on any atom is 0.387 e. The van der Waals surface area contributed by atoms with Gasteiger partial charge in [-0.3, -0.25) is 4.79 Å². The van der Waals surface area contributed by atoms with E-state index in [-0.39, 0.29) is 22.8 Å². The smallest absolute Gasteiger partial charge is 0.387 e. The molecule has 0 unspecified atom stereocenters. The van der Waals surface area contributed by atoms with Gasteiger partial charge >= 0.3 is 12.6 Å². The molecular weight excluding hydrogens is 372 g/mol. The summed E-state index contributed by atoms with van der Waals surface area (Å²) < 4.78 is 41.5. The lowest BCUT2D eigenvalue weighted by molar-refractivity contribution is -0.136. The number of Topliss-reactive ketones (excluding diaryl/α,β-unsaturated/α-hetero) is 1. The highest BCUT2D eigenvalue weighted by atomic mass is 19.3. The molecular formula is C20H21F2NO5. The number of aryl methyl sites for hydroxylation is 1. The van der Waals surface area contributed by atoms with Crippen molar-refractivity contribution in [2.45, 2.75) is 20.5 Å². The first kappa shape index (κ1) is 21.1. The van der Waals surface area contributed by atoms with E-state index in [0.29, 0.717) is 5.56 Å². The van der Waals surface area contributed by atoms with Crippen molar-refractivity contribution in [3.8, 4) is 11.5 Å². The summed E-state index contributed by atoms with van der Waals surface area (Å²) >= 11 is 0. The first-order valence-corrected chi connectivity index (χ1v) is 8.37. The SMILES string of the molecule is COc1cccc(/C=C/C(=O)OCC(=O)c2cc(C)n(C)c2C)c1OC(F)F. The van der Waals surface area contributed by atoms with Crippen LogP contribution in [0.5, 0.6) is 11.5 Å². The van der Waals surface area contributed by atoms with Crippen LogP contribution in [0, 0.1) is 13.8 Å². The molecule has 1 aromatic carbocycles.